The zero-order valence-corrected chi connectivity index (χ0v) is 12.1. The van der Waals surface area contributed by atoms with Gasteiger partial charge in [-0.3, -0.25) is 4.90 Å². The Hall–Kier alpha value is -0.450. The lowest BCUT2D eigenvalue weighted by Gasteiger charge is -2.29. The largest absolute Gasteiger partial charge is 0.465 e. The first-order valence-electron chi connectivity index (χ1n) is 6.07. The molecule has 98 valence electrons. The Morgan fingerprint density at radius 2 is 2.18 bits per heavy atom. The van der Waals surface area contributed by atoms with E-state index in [4.69, 9.17) is 10.2 Å². The molecule has 2 N–H and O–H groups in total. The SMILES string of the molecule is CSCCCN(C)C(c1ccc(C)o1)C(C)N. The van der Waals surface area contributed by atoms with Gasteiger partial charge in [-0.05, 0) is 58.0 Å². The summed E-state index contributed by atoms with van der Waals surface area (Å²) in [6.45, 7) is 5.05. The number of nitrogens with zero attached hydrogens (tertiary/aromatic N) is 1. The summed E-state index contributed by atoms with van der Waals surface area (Å²) in [5.74, 6) is 3.11. The standard InChI is InChI=1S/C13H24N2OS/c1-10-6-7-12(16-10)13(11(2)14)15(3)8-5-9-17-4/h6-7,11,13H,5,8-9,14H2,1-4H3. The quantitative estimate of drug-likeness (QED) is 0.762. The zero-order chi connectivity index (χ0) is 12.8. The van der Waals surface area contributed by atoms with Crippen LogP contribution in [0.25, 0.3) is 0 Å². The van der Waals surface area contributed by atoms with Crippen LogP contribution in [0.15, 0.2) is 16.5 Å². The number of nitrogens with two attached hydrogens (primary N) is 1. The molecule has 0 spiro atoms. The van der Waals surface area contributed by atoms with E-state index in [1.54, 1.807) is 0 Å². The van der Waals surface area contributed by atoms with Gasteiger partial charge in [0.1, 0.15) is 11.5 Å². The first kappa shape index (κ1) is 14.6. The molecule has 1 rings (SSSR count). The van der Waals surface area contributed by atoms with Gasteiger partial charge in [0.15, 0.2) is 0 Å². The van der Waals surface area contributed by atoms with E-state index in [1.165, 1.54) is 12.2 Å². The highest BCUT2D eigenvalue weighted by Crippen LogP contribution is 2.24. The molecule has 2 unspecified atom stereocenters. The molecular weight excluding hydrogens is 232 g/mol. The molecule has 0 aliphatic carbocycles. The summed E-state index contributed by atoms with van der Waals surface area (Å²) in [7, 11) is 2.12. The molecule has 1 aromatic heterocycles. The van der Waals surface area contributed by atoms with E-state index in [0.717, 1.165) is 18.1 Å². The minimum absolute atomic E-state index is 0.0693. The number of likely N-dealkylation sites (N-methyl/N-ethyl adjacent to an activating group) is 1. The van der Waals surface area contributed by atoms with Crippen molar-refractivity contribution in [1.82, 2.24) is 4.90 Å². The maximum atomic E-state index is 6.08. The van der Waals surface area contributed by atoms with E-state index in [0.29, 0.717) is 0 Å². The average Bonchev–Trinajstić information content (AvgIpc) is 2.65. The molecule has 1 aromatic rings. The highest BCUT2D eigenvalue weighted by atomic mass is 32.2. The Labute approximate surface area is 109 Å². The third-order valence-electron chi connectivity index (χ3n) is 2.88. The van der Waals surface area contributed by atoms with Crippen molar-refractivity contribution in [3.8, 4) is 0 Å². The molecule has 0 aliphatic heterocycles. The molecule has 2 atom stereocenters. The predicted octanol–water partition coefficient (Wildman–Crippen LogP) is 2.66. The summed E-state index contributed by atoms with van der Waals surface area (Å²) in [5, 5.41) is 0. The zero-order valence-electron chi connectivity index (χ0n) is 11.3. The minimum Gasteiger partial charge on any atom is -0.465 e. The molecule has 1 heterocycles. The van der Waals surface area contributed by atoms with Gasteiger partial charge in [0.25, 0.3) is 0 Å². The number of aryl methyl sites for hydroxylation is 1. The van der Waals surface area contributed by atoms with E-state index in [2.05, 4.69) is 18.2 Å². The van der Waals surface area contributed by atoms with Crippen LogP contribution in [-0.4, -0.2) is 36.5 Å². The van der Waals surface area contributed by atoms with Crippen molar-refractivity contribution in [3.63, 3.8) is 0 Å². The van der Waals surface area contributed by atoms with Gasteiger partial charge in [0.05, 0.1) is 6.04 Å². The summed E-state index contributed by atoms with van der Waals surface area (Å²) in [6, 6.07) is 4.28. The summed E-state index contributed by atoms with van der Waals surface area (Å²) in [5.41, 5.74) is 6.08. The van der Waals surface area contributed by atoms with E-state index in [9.17, 15) is 0 Å². The summed E-state index contributed by atoms with van der Waals surface area (Å²) < 4.78 is 5.71. The fourth-order valence-electron chi connectivity index (χ4n) is 2.09. The highest BCUT2D eigenvalue weighted by molar-refractivity contribution is 7.98. The minimum atomic E-state index is 0.0693. The summed E-state index contributed by atoms with van der Waals surface area (Å²) in [4.78, 5) is 2.29. The third-order valence-corrected chi connectivity index (χ3v) is 3.58. The lowest BCUT2D eigenvalue weighted by molar-refractivity contribution is 0.191. The number of rotatable bonds is 7. The van der Waals surface area contributed by atoms with Crippen molar-refractivity contribution >= 4 is 11.8 Å². The van der Waals surface area contributed by atoms with Crippen LogP contribution in [0, 0.1) is 6.92 Å². The Balaban J connectivity index is 2.65. The second-order valence-electron chi connectivity index (χ2n) is 4.58. The van der Waals surface area contributed by atoms with Crippen LogP contribution in [0.3, 0.4) is 0 Å². The number of furan rings is 1. The average molecular weight is 256 g/mol. The van der Waals surface area contributed by atoms with Gasteiger partial charge in [-0.15, -0.1) is 0 Å². The Morgan fingerprint density at radius 3 is 2.65 bits per heavy atom. The van der Waals surface area contributed by atoms with Gasteiger partial charge in [-0.1, -0.05) is 0 Å². The molecule has 0 bridgehead atoms. The molecule has 0 radical (unpaired) electrons. The maximum absolute atomic E-state index is 6.08. The topological polar surface area (TPSA) is 42.4 Å². The fourth-order valence-corrected chi connectivity index (χ4v) is 2.51. The van der Waals surface area contributed by atoms with Crippen LogP contribution >= 0.6 is 11.8 Å². The van der Waals surface area contributed by atoms with Gasteiger partial charge >= 0.3 is 0 Å². The molecule has 0 saturated carbocycles. The van der Waals surface area contributed by atoms with Gasteiger partial charge in [0.2, 0.25) is 0 Å². The van der Waals surface area contributed by atoms with Crippen LogP contribution in [0.5, 0.6) is 0 Å². The monoisotopic (exact) mass is 256 g/mol. The molecular formula is C13H24N2OS. The van der Waals surface area contributed by atoms with Gasteiger partial charge in [0, 0.05) is 6.04 Å². The Kier molecular flexibility index (Phi) is 6.09. The predicted molar refractivity (Wildman–Crippen MR) is 75.5 cm³/mol. The van der Waals surface area contributed by atoms with Crippen molar-refractivity contribution in [2.75, 3.05) is 25.6 Å². The lowest BCUT2D eigenvalue weighted by Crippen LogP contribution is -2.37. The Morgan fingerprint density at radius 1 is 1.47 bits per heavy atom. The highest BCUT2D eigenvalue weighted by Gasteiger charge is 2.23. The molecule has 3 nitrogen and oxygen atoms in total. The molecule has 17 heavy (non-hydrogen) atoms. The van der Waals surface area contributed by atoms with E-state index in [1.807, 2.05) is 37.7 Å². The third kappa shape index (κ3) is 4.37. The van der Waals surface area contributed by atoms with Crippen molar-refractivity contribution in [2.45, 2.75) is 32.4 Å². The second-order valence-corrected chi connectivity index (χ2v) is 5.56. The summed E-state index contributed by atoms with van der Waals surface area (Å²) >= 11 is 1.88. The van der Waals surface area contributed by atoms with Gasteiger partial charge in [-0.2, -0.15) is 11.8 Å². The van der Waals surface area contributed by atoms with Crippen molar-refractivity contribution in [2.24, 2.45) is 5.73 Å². The first-order chi connectivity index (χ1) is 8.06. The van der Waals surface area contributed by atoms with E-state index < -0.39 is 0 Å². The molecule has 4 heteroatoms. The summed E-state index contributed by atoms with van der Waals surface area (Å²) in [6.07, 6.45) is 3.32. The van der Waals surface area contributed by atoms with Crippen molar-refractivity contribution < 1.29 is 4.42 Å². The van der Waals surface area contributed by atoms with Gasteiger partial charge in [-0.25, -0.2) is 0 Å². The molecule has 0 aromatic carbocycles. The number of hydrogen-bond acceptors (Lipinski definition) is 4. The second kappa shape index (κ2) is 7.09. The molecule has 0 amide bonds. The smallest absolute Gasteiger partial charge is 0.122 e. The molecule has 0 aliphatic rings. The lowest BCUT2D eigenvalue weighted by atomic mass is 10.1. The number of thioether (sulfide) groups is 1. The van der Waals surface area contributed by atoms with Crippen LogP contribution in [0.2, 0.25) is 0 Å². The van der Waals surface area contributed by atoms with Crippen molar-refractivity contribution in [1.29, 1.82) is 0 Å². The number of hydrogen-bond donors (Lipinski definition) is 1. The molecule has 0 saturated heterocycles. The van der Waals surface area contributed by atoms with Crippen LogP contribution in [0.4, 0.5) is 0 Å². The normalized spacial score (nSPS) is 15.2. The van der Waals surface area contributed by atoms with Crippen LogP contribution in [-0.2, 0) is 0 Å². The molecule has 0 fully saturated rings. The van der Waals surface area contributed by atoms with E-state index >= 15 is 0 Å². The van der Waals surface area contributed by atoms with Crippen molar-refractivity contribution in [3.05, 3.63) is 23.7 Å². The van der Waals surface area contributed by atoms with Gasteiger partial charge < -0.3 is 10.2 Å². The fraction of sp³-hybridized carbons (Fsp3) is 0.692. The first-order valence-corrected chi connectivity index (χ1v) is 7.46. The maximum Gasteiger partial charge on any atom is 0.122 e. The van der Waals surface area contributed by atoms with Crippen LogP contribution < -0.4 is 5.73 Å². The van der Waals surface area contributed by atoms with Crippen LogP contribution in [0.1, 0.15) is 30.9 Å². The van der Waals surface area contributed by atoms with E-state index in [-0.39, 0.29) is 12.1 Å². The Bertz CT molecular complexity index is 325.